The summed E-state index contributed by atoms with van der Waals surface area (Å²) in [6.07, 6.45) is 1.86. The van der Waals surface area contributed by atoms with E-state index in [4.69, 9.17) is 10.1 Å². The summed E-state index contributed by atoms with van der Waals surface area (Å²) < 4.78 is 4.88. The van der Waals surface area contributed by atoms with Crippen LogP contribution in [0.25, 0.3) is 10.9 Å². The van der Waals surface area contributed by atoms with Gasteiger partial charge in [0.2, 0.25) is 5.90 Å². The molecule has 0 fully saturated rings. The standard InChI is InChI=1S/C10H10N2O/c1-13-10(11)8-3-2-4-9-7(8)5-6-12-9/h2-6,11-12H,1H3. The Hall–Kier alpha value is -1.77. The highest BCUT2D eigenvalue weighted by molar-refractivity contribution is 6.04. The van der Waals surface area contributed by atoms with E-state index in [1.807, 2.05) is 30.5 Å². The van der Waals surface area contributed by atoms with Gasteiger partial charge in [0.1, 0.15) is 0 Å². The minimum Gasteiger partial charge on any atom is -0.481 e. The van der Waals surface area contributed by atoms with Crippen LogP contribution in [0.15, 0.2) is 30.5 Å². The van der Waals surface area contributed by atoms with Crippen LogP contribution in [-0.4, -0.2) is 18.0 Å². The van der Waals surface area contributed by atoms with Gasteiger partial charge in [-0.25, -0.2) is 0 Å². The normalized spacial score (nSPS) is 10.2. The Morgan fingerprint density at radius 2 is 2.23 bits per heavy atom. The largest absolute Gasteiger partial charge is 0.481 e. The number of ether oxygens (including phenoxy) is 1. The van der Waals surface area contributed by atoms with Gasteiger partial charge in [-0.2, -0.15) is 0 Å². The van der Waals surface area contributed by atoms with E-state index < -0.39 is 0 Å². The fourth-order valence-corrected chi connectivity index (χ4v) is 1.39. The van der Waals surface area contributed by atoms with Crippen LogP contribution >= 0.6 is 0 Å². The summed E-state index contributed by atoms with van der Waals surface area (Å²) in [5.74, 6) is 0.199. The van der Waals surface area contributed by atoms with Crippen LogP contribution in [-0.2, 0) is 4.74 Å². The summed E-state index contributed by atoms with van der Waals surface area (Å²) >= 11 is 0. The van der Waals surface area contributed by atoms with Gasteiger partial charge in [-0.05, 0) is 18.2 Å². The molecule has 0 aliphatic heterocycles. The first kappa shape index (κ1) is 7.86. The van der Waals surface area contributed by atoms with Crippen LogP contribution in [0.3, 0.4) is 0 Å². The van der Waals surface area contributed by atoms with Crippen LogP contribution in [0.4, 0.5) is 0 Å². The molecule has 2 N–H and O–H groups in total. The average molecular weight is 174 g/mol. The Kier molecular flexibility index (Phi) is 1.77. The Balaban J connectivity index is 2.67. The number of benzene rings is 1. The van der Waals surface area contributed by atoms with Crippen LogP contribution in [0.1, 0.15) is 5.56 Å². The maximum Gasteiger partial charge on any atom is 0.213 e. The van der Waals surface area contributed by atoms with Crippen LogP contribution in [0.5, 0.6) is 0 Å². The van der Waals surface area contributed by atoms with Crippen molar-refractivity contribution < 1.29 is 4.74 Å². The summed E-state index contributed by atoms with van der Waals surface area (Å²) in [6.45, 7) is 0. The van der Waals surface area contributed by atoms with E-state index in [1.54, 1.807) is 0 Å². The van der Waals surface area contributed by atoms with Gasteiger partial charge < -0.3 is 9.72 Å². The molecular formula is C10H10N2O. The molecule has 1 aromatic heterocycles. The van der Waals surface area contributed by atoms with Gasteiger partial charge in [0.15, 0.2) is 0 Å². The van der Waals surface area contributed by atoms with E-state index in [1.165, 1.54) is 7.11 Å². The second-order valence-electron chi connectivity index (χ2n) is 2.78. The topological polar surface area (TPSA) is 48.9 Å². The molecule has 66 valence electrons. The van der Waals surface area contributed by atoms with E-state index in [-0.39, 0.29) is 5.90 Å². The first-order chi connectivity index (χ1) is 6.33. The fraction of sp³-hybridized carbons (Fsp3) is 0.100. The number of H-pyrrole nitrogens is 1. The van der Waals surface area contributed by atoms with Crippen LogP contribution in [0, 0.1) is 5.41 Å². The molecule has 2 rings (SSSR count). The Bertz CT molecular complexity index is 445. The molecule has 0 radical (unpaired) electrons. The minimum atomic E-state index is 0.199. The van der Waals surface area contributed by atoms with Gasteiger partial charge >= 0.3 is 0 Å². The third-order valence-corrected chi connectivity index (χ3v) is 2.04. The maximum atomic E-state index is 7.56. The van der Waals surface area contributed by atoms with E-state index in [0.29, 0.717) is 0 Å². The number of hydrogen-bond acceptors (Lipinski definition) is 2. The Morgan fingerprint density at radius 1 is 1.38 bits per heavy atom. The molecule has 0 unspecified atom stereocenters. The lowest BCUT2D eigenvalue weighted by Gasteiger charge is -2.02. The van der Waals surface area contributed by atoms with E-state index in [0.717, 1.165) is 16.5 Å². The summed E-state index contributed by atoms with van der Waals surface area (Å²) in [7, 11) is 1.51. The summed E-state index contributed by atoms with van der Waals surface area (Å²) in [5, 5.41) is 8.59. The summed E-state index contributed by atoms with van der Waals surface area (Å²) in [6, 6.07) is 7.70. The number of aromatic amines is 1. The van der Waals surface area contributed by atoms with Crippen molar-refractivity contribution in [3.8, 4) is 0 Å². The lowest BCUT2D eigenvalue weighted by Crippen LogP contribution is -2.00. The molecule has 3 nitrogen and oxygen atoms in total. The molecule has 0 bridgehead atoms. The fourth-order valence-electron chi connectivity index (χ4n) is 1.39. The molecule has 0 saturated carbocycles. The molecule has 3 heteroatoms. The molecule has 1 aromatic carbocycles. The zero-order valence-electron chi connectivity index (χ0n) is 7.29. The average Bonchev–Trinajstić information content (AvgIpc) is 2.63. The highest BCUT2D eigenvalue weighted by Crippen LogP contribution is 2.17. The van der Waals surface area contributed by atoms with Gasteiger partial charge in [-0.1, -0.05) is 6.07 Å². The molecule has 0 aliphatic rings. The number of fused-ring (bicyclic) bond motifs is 1. The van der Waals surface area contributed by atoms with Crippen molar-refractivity contribution in [1.29, 1.82) is 5.41 Å². The van der Waals surface area contributed by atoms with Crippen molar-refractivity contribution in [1.82, 2.24) is 4.98 Å². The highest BCUT2D eigenvalue weighted by Gasteiger charge is 2.05. The zero-order valence-corrected chi connectivity index (χ0v) is 7.29. The molecule has 0 atom stereocenters. The highest BCUT2D eigenvalue weighted by atomic mass is 16.5. The number of nitrogens with one attached hydrogen (secondary N) is 2. The SMILES string of the molecule is COC(=N)c1cccc2[nH]ccc12. The number of rotatable bonds is 1. The van der Waals surface area contributed by atoms with E-state index >= 15 is 0 Å². The van der Waals surface area contributed by atoms with E-state index in [2.05, 4.69) is 4.98 Å². The molecule has 0 spiro atoms. The van der Waals surface area contributed by atoms with Crippen molar-refractivity contribution >= 4 is 16.8 Å². The second kappa shape index (κ2) is 2.94. The third-order valence-electron chi connectivity index (χ3n) is 2.04. The predicted molar refractivity (Wildman–Crippen MR) is 52.1 cm³/mol. The molecule has 0 amide bonds. The summed E-state index contributed by atoms with van der Waals surface area (Å²) in [4.78, 5) is 3.09. The molecular weight excluding hydrogens is 164 g/mol. The van der Waals surface area contributed by atoms with Crippen molar-refractivity contribution in [3.63, 3.8) is 0 Å². The maximum absolute atomic E-state index is 7.56. The van der Waals surface area contributed by atoms with Gasteiger partial charge in [0.05, 0.1) is 7.11 Å². The zero-order chi connectivity index (χ0) is 9.26. The predicted octanol–water partition coefficient (Wildman–Crippen LogP) is 2.14. The number of hydrogen-bond donors (Lipinski definition) is 2. The molecule has 13 heavy (non-hydrogen) atoms. The van der Waals surface area contributed by atoms with Gasteiger partial charge in [0.25, 0.3) is 0 Å². The molecule has 0 aliphatic carbocycles. The molecule has 2 aromatic rings. The Labute approximate surface area is 75.9 Å². The van der Waals surface area contributed by atoms with Gasteiger partial charge in [-0.3, -0.25) is 5.41 Å². The Morgan fingerprint density at radius 3 is 3.00 bits per heavy atom. The monoisotopic (exact) mass is 174 g/mol. The number of aromatic nitrogens is 1. The quantitative estimate of drug-likeness (QED) is 0.505. The number of methoxy groups -OCH3 is 1. The first-order valence-corrected chi connectivity index (χ1v) is 4.02. The van der Waals surface area contributed by atoms with Gasteiger partial charge in [-0.15, -0.1) is 0 Å². The molecule has 0 saturated heterocycles. The molecule has 1 heterocycles. The first-order valence-electron chi connectivity index (χ1n) is 4.02. The lowest BCUT2D eigenvalue weighted by atomic mass is 10.1. The van der Waals surface area contributed by atoms with Crippen molar-refractivity contribution in [3.05, 3.63) is 36.0 Å². The van der Waals surface area contributed by atoms with Crippen LogP contribution in [0.2, 0.25) is 0 Å². The summed E-state index contributed by atoms with van der Waals surface area (Å²) in [5.41, 5.74) is 1.85. The van der Waals surface area contributed by atoms with Crippen molar-refractivity contribution in [2.24, 2.45) is 0 Å². The van der Waals surface area contributed by atoms with Crippen molar-refractivity contribution in [2.45, 2.75) is 0 Å². The minimum absolute atomic E-state index is 0.199. The third kappa shape index (κ3) is 1.18. The van der Waals surface area contributed by atoms with Crippen LogP contribution < -0.4 is 0 Å². The van der Waals surface area contributed by atoms with E-state index in [9.17, 15) is 0 Å². The van der Waals surface area contributed by atoms with Gasteiger partial charge in [0, 0.05) is 22.7 Å². The smallest absolute Gasteiger partial charge is 0.213 e. The van der Waals surface area contributed by atoms with Crippen molar-refractivity contribution in [2.75, 3.05) is 7.11 Å². The lowest BCUT2D eigenvalue weighted by molar-refractivity contribution is 0.401. The second-order valence-corrected chi connectivity index (χ2v) is 2.78.